The fourth-order valence-electron chi connectivity index (χ4n) is 2.93. The zero-order chi connectivity index (χ0) is 22.9. The first-order valence-electron chi connectivity index (χ1n) is 10.9. The van der Waals surface area contributed by atoms with Crippen molar-refractivity contribution < 1.29 is 14.3 Å². The molecule has 1 aliphatic rings. The highest BCUT2D eigenvalue weighted by atomic mass is 16.6. The molecule has 1 atom stereocenters. The van der Waals surface area contributed by atoms with Gasteiger partial charge in [-0.25, -0.2) is 9.79 Å². The molecule has 0 aliphatic heterocycles. The Bertz CT molecular complexity index is 739. The van der Waals surface area contributed by atoms with Gasteiger partial charge in [-0.2, -0.15) is 0 Å². The fourth-order valence-corrected chi connectivity index (χ4v) is 2.93. The van der Waals surface area contributed by atoms with E-state index in [9.17, 15) is 9.59 Å². The summed E-state index contributed by atoms with van der Waals surface area (Å²) in [5.41, 5.74) is 0.685. The second-order valence-electron chi connectivity index (χ2n) is 9.09. The van der Waals surface area contributed by atoms with E-state index in [0.29, 0.717) is 25.0 Å². The summed E-state index contributed by atoms with van der Waals surface area (Å²) in [5.74, 6) is 0.909. The van der Waals surface area contributed by atoms with E-state index in [1.54, 1.807) is 14.1 Å². The number of alkyl carbamates (subject to hydrolysis) is 1. The lowest BCUT2D eigenvalue weighted by Gasteiger charge is -2.24. The van der Waals surface area contributed by atoms with Gasteiger partial charge in [0.15, 0.2) is 5.96 Å². The van der Waals surface area contributed by atoms with Gasteiger partial charge in [0.2, 0.25) is 5.91 Å². The zero-order valence-electron chi connectivity index (χ0n) is 19.4. The lowest BCUT2D eigenvalue weighted by molar-refractivity contribution is -0.127. The first kappa shape index (κ1) is 24.5. The Morgan fingerprint density at radius 2 is 1.84 bits per heavy atom. The maximum Gasteiger partial charge on any atom is 0.407 e. The average Bonchev–Trinajstić information content (AvgIpc) is 3.52. The number of likely N-dealkylation sites (N-methyl/N-ethyl adjacent to an activating group) is 1. The van der Waals surface area contributed by atoms with Crippen LogP contribution >= 0.6 is 0 Å². The highest BCUT2D eigenvalue weighted by Gasteiger charge is 2.33. The van der Waals surface area contributed by atoms with Gasteiger partial charge in [-0.1, -0.05) is 30.3 Å². The minimum absolute atomic E-state index is 0.0551. The molecule has 1 aromatic carbocycles. The van der Waals surface area contributed by atoms with E-state index in [0.717, 1.165) is 19.3 Å². The topological polar surface area (TPSA) is 95.1 Å². The van der Waals surface area contributed by atoms with E-state index in [-0.39, 0.29) is 18.5 Å². The zero-order valence-corrected chi connectivity index (χ0v) is 19.4. The van der Waals surface area contributed by atoms with Gasteiger partial charge in [0.05, 0.1) is 6.04 Å². The molecule has 2 rings (SSSR count). The third kappa shape index (κ3) is 10.2. The molecule has 3 N–H and O–H groups in total. The standard InChI is InChI=1S/C23H37N5O3/c1-23(2,3)31-22(30)27-19(18-11-12-18)15-25-21(26-16-20(29)28(4)5)24-14-13-17-9-7-6-8-10-17/h6-10,18-19H,11-16H2,1-5H3,(H,27,30)(H2,24,25,26). The van der Waals surface area contributed by atoms with Crippen LogP contribution in [-0.4, -0.2) is 68.2 Å². The molecule has 1 fully saturated rings. The number of rotatable bonds is 9. The molecule has 0 heterocycles. The third-order valence-electron chi connectivity index (χ3n) is 4.80. The van der Waals surface area contributed by atoms with E-state index in [1.165, 1.54) is 10.5 Å². The second kappa shape index (κ2) is 11.6. The Morgan fingerprint density at radius 1 is 1.16 bits per heavy atom. The highest BCUT2D eigenvalue weighted by Crippen LogP contribution is 2.32. The number of hydrogen-bond donors (Lipinski definition) is 3. The number of hydrogen-bond acceptors (Lipinski definition) is 4. The van der Waals surface area contributed by atoms with Gasteiger partial charge < -0.3 is 25.6 Å². The van der Waals surface area contributed by atoms with Gasteiger partial charge >= 0.3 is 6.09 Å². The number of aliphatic imine (C=N–C) groups is 1. The number of benzene rings is 1. The van der Waals surface area contributed by atoms with Crippen LogP contribution in [0.25, 0.3) is 0 Å². The molecule has 8 nitrogen and oxygen atoms in total. The Kier molecular flexibility index (Phi) is 9.15. The van der Waals surface area contributed by atoms with Crippen molar-refractivity contribution in [2.75, 3.05) is 33.7 Å². The van der Waals surface area contributed by atoms with Crippen LogP contribution in [0.3, 0.4) is 0 Å². The van der Waals surface area contributed by atoms with Crippen molar-refractivity contribution in [3.05, 3.63) is 35.9 Å². The molecule has 2 amide bonds. The van der Waals surface area contributed by atoms with E-state index in [4.69, 9.17) is 4.74 Å². The summed E-state index contributed by atoms with van der Waals surface area (Å²) in [7, 11) is 3.42. The predicted octanol–water partition coefficient (Wildman–Crippen LogP) is 2.16. The molecule has 31 heavy (non-hydrogen) atoms. The maximum atomic E-state index is 12.2. The van der Waals surface area contributed by atoms with Gasteiger partial charge in [0, 0.05) is 27.2 Å². The summed E-state index contributed by atoms with van der Waals surface area (Å²) in [5, 5.41) is 9.56. The summed E-state index contributed by atoms with van der Waals surface area (Å²) < 4.78 is 5.40. The molecule has 0 saturated heterocycles. The molecule has 1 aliphatic carbocycles. The molecule has 0 aromatic heterocycles. The molecule has 8 heteroatoms. The van der Waals surface area contributed by atoms with Crippen LogP contribution < -0.4 is 16.0 Å². The van der Waals surface area contributed by atoms with Crippen LogP contribution in [0.5, 0.6) is 0 Å². The molecule has 0 spiro atoms. The molecule has 1 aromatic rings. The van der Waals surface area contributed by atoms with Crippen molar-refractivity contribution in [1.82, 2.24) is 20.9 Å². The van der Waals surface area contributed by atoms with Crippen molar-refractivity contribution in [3.63, 3.8) is 0 Å². The van der Waals surface area contributed by atoms with Crippen LogP contribution in [0.4, 0.5) is 4.79 Å². The van der Waals surface area contributed by atoms with E-state index in [2.05, 4.69) is 33.1 Å². The summed E-state index contributed by atoms with van der Waals surface area (Å²) in [6, 6.07) is 10.1. The van der Waals surface area contributed by atoms with Crippen LogP contribution in [-0.2, 0) is 16.0 Å². The van der Waals surface area contributed by atoms with Crippen LogP contribution in [0.15, 0.2) is 35.3 Å². The number of amides is 2. The maximum absolute atomic E-state index is 12.2. The lowest BCUT2D eigenvalue weighted by Crippen LogP contribution is -2.49. The third-order valence-corrected chi connectivity index (χ3v) is 4.80. The first-order chi connectivity index (χ1) is 14.6. The normalized spacial score (nSPS) is 15.1. The van der Waals surface area contributed by atoms with Crippen LogP contribution in [0, 0.1) is 5.92 Å². The van der Waals surface area contributed by atoms with Crippen LogP contribution in [0.2, 0.25) is 0 Å². The SMILES string of the molecule is CN(C)C(=O)CN=C(NCCc1ccccc1)NCC(NC(=O)OC(C)(C)C)C1CC1. The largest absolute Gasteiger partial charge is 0.444 e. The van der Waals surface area contributed by atoms with Gasteiger partial charge in [0.1, 0.15) is 12.1 Å². The molecule has 1 unspecified atom stereocenters. The number of guanidine groups is 1. The minimum Gasteiger partial charge on any atom is -0.444 e. The van der Waals surface area contributed by atoms with E-state index in [1.807, 2.05) is 39.0 Å². The number of carbonyl (C=O) groups excluding carboxylic acids is 2. The number of ether oxygens (including phenoxy) is 1. The average molecular weight is 432 g/mol. The molecular weight excluding hydrogens is 394 g/mol. The highest BCUT2D eigenvalue weighted by molar-refractivity contribution is 5.84. The monoisotopic (exact) mass is 431 g/mol. The minimum atomic E-state index is -0.538. The van der Waals surface area contributed by atoms with E-state index >= 15 is 0 Å². The summed E-state index contributed by atoms with van der Waals surface area (Å²) in [6.07, 6.45) is 2.58. The van der Waals surface area contributed by atoms with E-state index < -0.39 is 11.7 Å². The lowest BCUT2D eigenvalue weighted by atomic mass is 10.1. The molecule has 0 bridgehead atoms. The summed E-state index contributed by atoms with van der Waals surface area (Å²) in [4.78, 5) is 30.1. The predicted molar refractivity (Wildman–Crippen MR) is 123 cm³/mol. The quantitative estimate of drug-likeness (QED) is 0.411. The second-order valence-corrected chi connectivity index (χ2v) is 9.09. The summed E-state index contributed by atoms with van der Waals surface area (Å²) in [6.45, 7) is 6.79. The number of nitrogens with zero attached hydrogens (tertiary/aromatic N) is 2. The van der Waals surface area contributed by atoms with Crippen molar-refractivity contribution in [2.45, 2.75) is 51.7 Å². The smallest absolute Gasteiger partial charge is 0.407 e. The molecule has 1 saturated carbocycles. The Morgan fingerprint density at radius 3 is 2.42 bits per heavy atom. The molecule has 172 valence electrons. The Hall–Kier alpha value is -2.77. The fraction of sp³-hybridized carbons (Fsp3) is 0.609. The van der Waals surface area contributed by atoms with Gasteiger partial charge in [-0.15, -0.1) is 0 Å². The molecule has 0 radical (unpaired) electrons. The van der Waals surface area contributed by atoms with Crippen LogP contribution in [0.1, 0.15) is 39.2 Å². The molecular formula is C23H37N5O3. The Labute approximate surface area is 185 Å². The van der Waals surface area contributed by atoms with Crippen molar-refractivity contribution in [3.8, 4) is 0 Å². The van der Waals surface area contributed by atoms with Gasteiger partial charge in [0.25, 0.3) is 0 Å². The van der Waals surface area contributed by atoms with Crippen molar-refractivity contribution >= 4 is 18.0 Å². The Balaban J connectivity index is 1.93. The number of nitrogens with one attached hydrogen (secondary N) is 3. The first-order valence-corrected chi connectivity index (χ1v) is 10.9. The summed E-state index contributed by atoms with van der Waals surface area (Å²) >= 11 is 0. The number of carbonyl (C=O) groups is 2. The van der Waals surface area contributed by atoms with Crippen molar-refractivity contribution in [2.24, 2.45) is 10.9 Å². The van der Waals surface area contributed by atoms with Crippen molar-refractivity contribution in [1.29, 1.82) is 0 Å². The van der Waals surface area contributed by atoms with Gasteiger partial charge in [-0.05, 0) is 51.5 Å². The van der Waals surface area contributed by atoms with Gasteiger partial charge in [-0.3, -0.25) is 4.79 Å².